The van der Waals surface area contributed by atoms with E-state index in [0.717, 1.165) is 24.0 Å². The Morgan fingerprint density at radius 3 is 2.71 bits per heavy atom. The van der Waals surface area contributed by atoms with Gasteiger partial charge in [0.25, 0.3) is 0 Å². The largest absolute Gasteiger partial charge is 0.508 e. The molecule has 3 heteroatoms. The van der Waals surface area contributed by atoms with E-state index in [1.807, 2.05) is 13.0 Å². The first-order chi connectivity index (χ1) is 6.56. The minimum Gasteiger partial charge on any atom is -0.508 e. The lowest BCUT2D eigenvalue weighted by Crippen LogP contribution is -2.10. The molecule has 0 bridgehead atoms. The fourth-order valence-electron chi connectivity index (χ4n) is 1.46. The van der Waals surface area contributed by atoms with Gasteiger partial charge in [-0.1, -0.05) is 24.9 Å². The highest BCUT2D eigenvalue weighted by Crippen LogP contribution is 2.30. The number of benzene rings is 1. The molecule has 78 valence electrons. The molecule has 3 N–H and O–H groups in total. The SMILES string of the molecule is CCC[C@@H](N)c1cc(C)c(Cl)cc1O. The summed E-state index contributed by atoms with van der Waals surface area (Å²) < 4.78 is 0. The summed E-state index contributed by atoms with van der Waals surface area (Å²) in [6.07, 6.45) is 1.87. The molecule has 0 aliphatic carbocycles. The maximum atomic E-state index is 9.65. The minimum absolute atomic E-state index is 0.101. The second kappa shape index (κ2) is 4.67. The number of rotatable bonds is 3. The van der Waals surface area contributed by atoms with Gasteiger partial charge in [0.2, 0.25) is 0 Å². The van der Waals surface area contributed by atoms with Gasteiger partial charge in [-0.3, -0.25) is 0 Å². The van der Waals surface area contributed by atoms with E-state index in [9.17, 15) is 5.11 Å². The van der Waals surface area contributed by atoms with E-state index in [4.69, 9.17) is 17.3 Å². The Morgan fingerprint density at radius 1 is 1.50 bits per heavy atom. The van der Waals surface area contributed by atoms with Crippen molar-refractivity contribution in [3.63, 3.8) is 0 Å². The number of aromatic hydroxyl groups is 1. The Balaban J connectivity index is 3.02. The molecular formula is C11H16ClNO. The van der Waals surface area contributed by atoms with Crippen LogP contribution in [0.2, 0.25) is 5.02 Å². The summed E-state index contributed by atoms with van der Waals surface area (Å²) in [5, 5.41) is 10.2. The van der Waals surface area contributed by atoms with Gasteiger partial charge < -0.3 is 10.8 Å². The normalized spacial score (nSPS) is 12.9. The highest BCUT2D eigenvalue weighted by Gasteiger charge is 2.11. The molecule has 1 atom stereocenters. The number of phenolic OH excluding ortho intramolecular Hbond substituents is 1. The molecule has 0 heterocycles. The first kappa shape index (κ1) is 11.3. The molecule has 0 amide bonds. The smallest absolute Gasteiger partial charge is 0.121 e. The van der Waals surface area contributed by atoms with Crippen LogP contribution >= 0.6 is 11.6 Å². The zero-order valence-corrected chi connectivity index (χ0v) is 9.30. The number of hydrogen-bond donors (Lipinski definition) is 2. The van der Waals surface area contributed by atoms with Crippen molar-refractivity contribution in [1.29, 1.82) is 0 Å². The summed E-state index contributed by atoms with van der Waals surface area (Å²) in [5.41, 5.74) is 7.66. The fraction of sp³-hybridized carbons (Fsp3) is 0.455. The first-order valence-corrected chi connectivity index (χ1v) is 5.18. The number of phenols is 1. The lowest BCUT2D eigenvalue weighted by molar-refractivity contribution is 0.458. The Labute approximate surface area is 89.7 Å². The van der Waals surface area contributed by atoms with Gasteiger partial charge in [0, 0.05) is 16.6 Å². The van der Waals surface area contributed by atoms with Gasteiger partial charge in [-0.2, -0.15) is 0 Å². The summed E-state index contributed by atoms with van der Waals surface area (Å²) in [6.45, 7) is 3.98. The van der Waals surface area contributed by atoms with Gasteiger partial charge >= 0.3 is 0 Å². The van der Waals surface area contributed by atoms with Crippen LogP contribution in [0.25, 0.3) is 0 Å². The monoisotopic (exact) mass is 213 g/mol. The third-order valence-electron chi connectivity index (χ3n) is 2.31. The van der Waals surface area contributed by atoms with Crippen molar-refractivity contribution in [1.82, 2.24) is 0 Å². The molecule has 0 unspecified atom stereocenters. The van der Waals surface area contributed by atoms with Gasteiger partial charge in [-0.15, -0.1) is 0 Å². The molecule has 0 aliphatic rings. The van der Waals surface area contributed by atoms with Crippen LogP contribution in [-0.4, -0.2) is 5.11 Å². The van der Waals surface area contributed by atoms with Gasteiger partial charge in [0.15, 0.2) is 0 Å². The molecule has 0 aromatic heterocycles. The molecule has 0 radical (unpaired) electrons. The van der Waals surface area contributed by atoms with E-state index in [-0.39, 0.29) is 11.8 Å². The quantitative estimate of drug-likeness (QED) is 0.810. The lowest BCUT2D eigenvalue weighted by atomic mass is 10.0. The van der Waals surface area contributed by atoms with E-state index >= 15 is 0 Å². The molecule has 0 spiro atoms. The van der Waals surface area contributed by atoms with E-state index in [1.165, 1.54) is 0 Å². The van der Waals surface area contributed by atoms with Gasteiger partial charge in [0.1, 0.15) is 5.75 Å². The maximum absolute atomic E-state index is 9.65. The van der Waals surface area contributed by atoms with Crippen molar-refractivity contribution in [2.75, 3.05) is 0 Å². The van der Waals surface area contributed by atoms with Crippen LogP contribution in [0.4, 0.5) is 0 Å². The Hall–Kier alpha value is -0.730. The Bertz CT molecular complexity index is 325. The summed E-state index contributed by atoms with van der Waals surface area (Å²) in [4.78, 5) is 0. The topological polar surface area (TPSA) is 46.2 Å². The van der Waals surface area contributed by atoms with Crippen molar-refractivity contribution in [3.8, 4) is 5.75 Å². The van der Waals surface area contributed by atoms with E-state index in [2.05, 4.69) is 6.92 Å². The molecule has 0 aliphatic heterocycles. The van der Waals surface area contributed by atoms with E-state index in [1.54, 1.807) is 6.07 Å². The number of hydrogen-bond acceptors (Lipinski definition) is 2. The van der Waals surface area contributed by atoms with Crippen molar-refractivity contribution in [2.45, 2.75) is 32.7 Å². The van der Waals surface area contributed by atoms with Crippen LogP contribution in [0.5, 0.6) is 5.75 Å². The number of aryl methyl sites for hydroxylation is 1. The fourth-order valence-corrected chi connectivity index (χ4v) is 1.61. The highest BCUT2D eigenvalue weighted by atomic mass is 35.5. The second-order valence-electron chi connectivity index (χ2n) is 3.56. The van der Waals surface area contributed by atoms with Crippen LogP contribution in [0, 0.1) is 6.92 Å². The first-order valence-electron chi connectivity index (χ1n) is 4.80. The minimum atomic E-state index is -0.101. The van der Waals surface area contributed by atoms with Crippen molar-refractivity contribution in [2.24, 2.45) is 5.73 Å². The number of nitrogens with two attached hydrogens (primary N) is 1. The third kappa shape index (κ3) is 2.40. The van der Waals surface area contributed by atoms with E-state index < -0.39 is 0 Å². The Morgan fingerprint density at radius 2 is 2.14 bits per heavy atom. The third-order valence-corrected chi connectivity index (χ3v) is 2.71. The average Bonchev–Trinajstić information content (AvgIpc) is 2.11. The van der Waals surface area contributed by atoms with Gasteiger partial charge in [-0.05, 0) is 31.0 Å². The molecular weight excluding hydrogens is 198 g/mol. The number of halogens is 1. The summed E-state index contributed by atoms with van der Waals surface area (Å²) in [5.74, 6) is 0.196. The zero-order chi connectivity index (χ0) is 10.7. The van der Waals surface area contributed by atoms with Crippen molar-refractivity contribution in [3.05, 3.63) is 28.3 Å². The highest BCUT2D eigenvalue weighted by molar-refractivity contribution is 6.31. The summed E-state index contributed by atoms with van der Waals surface area (Å²) in [7, 11) is 0. The standard InChI is InChI=1S/C11H16ClNO/c1-3-4-10(13)8-5-7(2)9(12)6-11(8)14/h5-6,10,14H,3-4,13H2,1-2H3/t10-/m1/s1. The molecule has 14 heavy (non-hydrogen) atoms. The van der Waals surface area contributed by atoms with Gasteiger partial charge in [0.05, 0.1) is 0 Å². The molecule has 0 saturated heterocycles. The molecule has 0 fully saturated rings. The maximum Gasteiger partial charge on any atom is 0.121 e. The molecule has 2 nitrogen and oxygen atoms in total. The van der Waals surface area contributed by atoms with E-state index in [0.29, 0.717) is 5.02 Å². The average molecular weight is 214 g/mol. The zero-order valence-electron chi connectivity index (χ0n) is 8.55. The van der Waals surface area contributed by atoms with Gasteiger partial charge in [-0.25, -0.2) is 0 Å². The van der Waals surface area contributed by atoms with Crippen LogP contribution in [0.3, 0.4) is 0 Å². The molecule has 1 aromatic carbocycles. The Kier molecular flexibility index (Phi) is 3.78. The molecule has 1 rings (SSSR count). The van der Waals surface area contributed by atoms with Crippen LogP contribution in [-0.2, 0) is 0 Å². The molecule has 1 aromatic rings. The van der Waals surface area contributed by atoms with Crippen molar-refractivity contribution >= 4 is 11.6 Å². The van der Waals surface area contributed by atoms with Crippen LogP contribution < -0.4 is 5.73 Å². The van der Waals surface area contributed by atoms with Crippen molar-refractivity contribution < 1.29 is 5.11 Å². The second-order valence-corrected chi connectivity index (χ2v) is 3.96. The summed E-state index contributed by atoms with van der Waals surface area (Å²) >= 11 is 5.87. The summed E-state index contributed by atoms with van der Waals surface area (Å²) in [6, 6.07) is 3.32. The van der Waals surface area contributed by atoms with Crippen LogP contribution in [0.1, 0.15) is 36.9 Å². The lowest BCUT2D eigenvalue weighted by Gasteiger charge is -2.14. The van der Waals surface area contributed by atoms with Crippen LogP contribution in [0.15, 0.2) is 12.1 Å². The predicted octanol–water partition coefficient (Wildman–Crippen LogP) is 3.15. The molecule has 0 saturated carbocycles. The predicted molar refractivity (Wildman–Crippen MR) is 59.7 cm³/mol.